The Labute approximate surface area is 99.6 Å². The van der Waals surface area contributed by atoms with Gasteiger partial charge in [-0.2, -0.15) is 0 Å². The van der Waals surface area contributed by atoms with E-state index < -0.39 is 17.9 Å². The minimum atomic E-state index is -1.03. The van der Waals surface area contributed by atoms with E-state index in [2.05, 4.69) is 11.8 Å². The largest absolute Gasteiger partial charge is 0.284 e. The van der Waals surface area contributed by atoms with Crippen molar-refractivity contribution in [3.05, 3.63) is 34.9 Å². The van der Waals surface area contributed by atoms with Crippen molar-refractivity contribution >= 4 is 17.4 Å². The van der Waals surface area contributed by atoms with Gasteiger partial charge in [-0.15, -0.1) is 0 Å². The van der Waals surface area contributed by atoms with E-state index in [1.54, 1.807) is 24.3 Å². The maximum absolute atomic E-state index is 12.5. The van der Waals surface area contributed by atoms with Gasteiger partial charge in [-0.3, -0.25) is 4.79 Å². The fraction of sp³-hybridized carbons (Fsp3) is 0.308. The van der Waals surface area contributed by atoms with Crippen molar-refractivity contribution in [2.45, 2.75) is 13.8 Å². The Bertz CT molecular complexity index is 437. The first-order valence-corrected chi connectivity index (χ1v) is 5.21. The molecule has 0 fully saturated rings. The van der Waals surface area contributed by atoms with E-state index in [4.69, 9.17) is 11.6 Å². The Kier molecular flexibility index (Phi) is 4.09. The van der Waals surface area contributed by atoms with Crippen LogP contribution in [-0.2, 0) is 4.79 Å². The van der Waals surface area contributed by atoms with Gasteiger partial charge < -0.3 is 0 Å². The van der Waals surface area contributed by atoms with Crippen molar-refractivity contribution in [1.82, 2.24) is 0 Å². The van der Waals surface area contributed by atoms with Crippen LogP contribution in [0.15, 0.2) is 24.3 Å². The van der Waals surface area contributed by atoms with Crippen LogP contribution >= 0.6 is 11.6 Å². The zero-order valence-electron chi connectivity index (χ0n) is 9.18. The van der Waals surface area contributed by atoms with Gasteiger partial charge in [-0.25, -0.2) is 4.39 Å². The SMILES string of the molecule is CC(C)(CF)C(=O)C#Cc1ccc(Cl)cc1. The predicted octanol–water partition coefficient (Wildman–Crippen LogP) is 3.26. The molecule has 84 valence electrons. The molecule has 0 saturated heterocycles. The van der Waals surface area contributed by atoms with E-state index in [1.807, 2.05) is 0 Å². The number of hydrogen-bond donors (Lipinski definition) is 0. The molecule has 0 aliphatic heterocycles. The molecule has 0 radical (unpaired) electrons. The second-order valence-corrected chi connectivity index (χ2v) is 4.54. The summed E-state index contributed by atoms with van der Waals surface area (Å²) in [6.45, 7) is 2.36. The Morgan fingerprint density at radius 1 is 1.38 bits per heavy atom. The second-order valence-electron chi connectivity index (χ2n) is 4.10. The average Bonchev–Trinajstić information content (AvgIpc) is 2.28. The van der Waals surface area contributed by atoms with Gasteiger partial charge in [0.25, 0.3) is 0 Å². The molecule has 0 amide bonds. The summed E-state index contributed by atoms with van der Waals surface area (Å²) in [5, 5.41) is 0.612. The normalized spacial score (nSPS) is 10.5. The van der Waals surface area contributed by atoms with Gasteiger partial charge in [0, 0.05) is 10.6 Å². The van der Waals surface area contributed by atoms with Gasteiger partial charge in [-0.1, -0.05) is 17.5 Å². The van der Waals surface area contributed by atoms with Crippen LogP contribution in [0.2, 0.25) is 5.02 Å². The molecular formula is C13H12ClFO. The average molecular weight is 239 g/mol. The number of rotatable bonds is 2. The van der Waals surface area contributed by atoms with Crippen LogP contribution < -0.4 is 0 Å². The first-order valence-electron chi connectivity index (χ1n) is 4.84. The van der Waals surface area contributed by atoms with Crippen molar-refractivity contribution in [2.75, 3.05) is 6.67 Å². The zero-order valence-corrected chi connectivity index (χ0v) is 9.94. The highest BCUT2D eigenvalue weighted by Gasteiger charge is 2.25. The molecule has 1 rings (SSSR count). The van der Waals surface area contributed by atoms with Crippen LogP contribution in [0.25, 0.3) is 0 Å². The fourth-order valence-corrected chi connectivity index (χ4v) is 1.02. The first kappa shape index (κ1) is 12.7. The zero-order chi connectivity index (χ0) is 12.2. The standard InChI is InChI=1S/C13H12ClFO/c1-13(2,9-15)12(16)8-5-10-3-6-11(14)7-4-10/h3-4,6-7H,9H2,1-2H3. The van der Waals surface area contributed by atoms with Crippen LogP contribution in [0.5, 0.6) is 0 Å². The number of ketones is 1. The molecule has 0 aliphatic carbocycles. The number of hydrogen-bond acceptors (Lipinski definition) is 1. The van der Waals surface area contributed by atoms with Crippen molar-refractivity contribution in [3.63, 3.8) is 0 Å². The Balaban J connectivity index is 2.83. The molecule has 0 unspecified atom stereocenters. The van der Waals surface area contributed by atoms with E-state index >= 15 is 0 Å². The lowest BCUT2D eigenvalue weighted by Crippen LogP contribution is -2.24. The second kappa shape index (κ2) is 5.14. The fourth-order valence-electron chi connectivity index (χ4n) is 0.892. The molecule has 0 heterocycles. The summed E-state index contributed by atoms with van der Waals surface area (Å²) in [6, 6.07) is 6.81. The maximum atomic E-state index is 12.5. The van der Waals surface area contributed by atoms with Gasteiger partial charge >= 0.3 is 0 Å². The van der Waals surface area contributed by atoms with Crippen molar-refractivity contribution in [2.24, 2.45) is 5.41 Å². The smallest absolute Gasteiger partial charge is 0.214 e. The summed E-state index contributed by atoms with van der Waals surface area (Å²) in [5.41, 5.74) is -0.341. The molecule has 3 heteroatoms. The van der Waals surface area contributed by atoms with Crippen LogP contribution in [0, 0.1) is 17.3 Å². The minimum Gasteiger partial charge on any atom is -0.284 e. The number of benzene rings is 1. The van der Waals surface area contributed by atoms with Gasteiger partial charge in [-0.05, 0) is 44.0 Å². The third kappa shape index (κ3) is 3.36. The van der Waals surface area contributed by atoms with Gasteiger partial charge in [0.2, 0.25) is 5.78 Å². The van der Waals surface area contributed by atoms with Crippen molar-refractivity contribution in [1.29, 1.82) is 0 Å². The van der Waals surface area contributed by atoms with Crippen LogP contribution in [0.3, 0.4) is 0 Å². The molecule has 0 N–H and O–H groups in total. The van der Waals surface area contributed by atoms with Crippen molar-refractivity contribution < 1.29 is 9.18 Å². The summed E-state index contributed by atoms with van der Waals surface area (Å²) < 4.78 is 12.5. The highest BCUT2D eigenvalue weighted by molar-refractivity contribution is 6.30. The monoisotopic (exact) mass is 238 g/mol. The summed E-state index contributed by atoms with van der Waals surface area (Å²) in [4.78, 5) is 11.5. The quantitative estimate of drug-likeness (QED) is 0.723. The van der Waals surface area contributed by atoms with Gasteiger partial charge in [0.1, 0.15) is 6.67 Å². The summed E-state index contributed by atoms with van der Waals surface area (Å²) in [5.74, 6) is 4.73. The van der Waals surface area contributed by atoms with Crippen LogP contribution in [-0.4, -0.2) is 12.5 Å². The maximum Gasteiger partial charge on any atom is 0.214 e. The number of carbonyl (C=O) groups is 1. The highest BCUT2D eigenvalue weighted by atomic mass is 35.5. The lowest BCUT2D eigenvalue weighted by Gasteiger charge is -2.13. The molecular weight excluding hydrogens is 227 g/mol. The Hall–Kier alpha value is -1.33. The van der Waals surface area contributed by atoms with E-state index in [1.165, 1.54) is 13.8 Å². The van der Waals surface area contributed by atoms with E-state index in [0.29, 0.717) is 10.6 Å². The predicted molar refractivity (Wildman–Crippen MR) is 63.1 cm³/mol. The topological polar surface area (TPSA) is 17.1 Å². The van der Waals surface area contributed by atoms with Gasteiger partial charge in [0.15, 0.2) is 0 Å². The number of alkyl halides is 1. The molecule has 0 aromatic heterocycles. The first-order chi connectivity index (χ1) is 7.45. The molecule has 1 aromatic rings. The Morgan fingerprint density at radius 3 is 2.44 bits per heavy atom. The lowest BCUT2D eigenvalue weighted by atomic mass is 9.90. The summed E-state index contributed by atoms with van der Waals surface area (Å²) in [6.07, 6.45) is 0. The van der Waals surface area contributed by atoms with E-state index in [-0.39, 0.29) is 0 Å². The molecule has 0 atom stereocenters. The molecule has 0 spiro atoms. The number of carbonyl (C=O) groups excluding carboxylic acids is 1. The third-order valence-electron chi connectivity index (χ3n) is 2.11. The molecule has 16 heavy (non-hydrogen) atoms. The van der Waals surface area contributed by atoms with Crippen LogP contribution in [0.4, 0.5) is 4.39 Å². The van der Waals surface area contributed by atoms with Crippen molar-refractivity contribution in [3.8, 4) is 11.8 Å². The summed E-state index contributed by atoms with van der Waals surface area (Å²) >= 11 is 5.70. The third-order valence-corrected chi connectivity index (χ3v) is 2.37. The Morgan fingerprint density at radius 2 is 1.94 bits per heavy atom. The molecule has 0 saturated carbocycles. The van der Waals surface area contributed by atoms with Gasteiger partial charge in [0.05, 0.1) is 5.41 Å². The minimum absolute atomic E-state index is 0.398. The summed E-state index contributed by atoms with van der Waals surface area (Å²) in [7, 11) is 0. The molecule has 0 aliphatic rings. The molecule has 1 aromatic carbocycles. The van der Waals surface area contributed by atoms with Crippen LogP contribution in [0.1, 0.15) is 19.4 Å². The van der Waals surface area contributed by atoms with E-state index in [9.17, 15) is 9.18 Å². The molecule has 1 nitrogen and oxygen atoms in total. The number of halogens is 2. The highest BCUT2D eigenvalue weighted by Crippen LogP contribution is 2.16. The molecule has 0 bridgehead atoms. The lowest BCUT2D eigenvalue weighted by molar-refractivity contribution is -0.122. The van der Waals surface area contributed by atoms with E-state index in [0.717, 1.165) is 0 Å². The number of Topliss-reactive ketones (excluding diaryl/α,β-unsaturated/α-hetero) is 1.